The van der Waals surface area contributed by atoms with Crippen molar-refractivity contribution in [3.8, 4) is 0 Å². The van der Waals surface area contributed by atoms with E-state index in [2.05, 4.69) is 26.1 Å². The van der Waals surface area contributed by atoms with Gasteiger partial charge in [-0.05, 0) is 65.6 Å². The summed E-state index contributed by atoms with van der Waals surface area (Å²) < 4.78 is 23.3. The van der Waals surface area contributed by atoms with E-state index in [0.29, 0.717) is 9.47 Å². The number of nitrogens with one attached hydrogen (secondary N) is 1. The van der Waals surface area contributed by atoms with Gasteiger partial charge >= 0.3 is 0 Å². The van der Waals surface area contributed by atoms with Gasteiger partial charge in [0.1, 0.15) is 4.90 Å². The number of carbonyl (C=O) groups excluding carboxylic acids is 1. The van der Waals surface area contributed by atoms with Gasteiger partial charge < -0.3 is 5.32 Å². The number of hydrogen-bond acceptors (Lipinski definition) is 5. The lowest BCUT2D eigenvalue weighted by Crippen LogP contribution is -2.23. The number of primary sulfonamides is 1. The van der Waals surface area contributed by atoms with Crippen molar-refractivity contribution >= 4 is 48.9 Å². The maximum absolute atomic E-state index is 12.4. The van der Waals surface area contributed by atoms with Gasteiger partial charge in [-0.2, -0.15) is 0 Å². The van der Waals surface area contributed by atoms with E-state index >= 15 is 0 Å². The summed E-state index contributed by atoms with van der Waals surface area (Å²) in [6.45, 7) is 3.19. The van der Waals surface area contributed by atoms with E-state index in [1.165, 1.54) is 37.3 Å². The standard InChI is InChI=1S/C18H22BrN3O3S2/c19-17-16(27(20,24)25)11-15(26-17)18(23)21-14-7-5-13(6-8-14)12-22-9-3-1-2-4-10-22/h5-8,11H,1-4,9-10,12H2,(H,21,23)(H2,20,24,25). The molecule has 1 aromatic carbocycles. The summed E-state index contributed by atoms with van der Waals surface area (Å²) >= 11 is 4.18. The lowest BCUT2D eigenvalue weighted by atomic mass is 10.2. The number of halogens is 1. The predicted molar refractivity (Wildman–Crippen MR) is 112 cm³/mol. The molecule has 1 saturated heterocycles. The number of nitrogens with zero attached hydrogens (tertiary/aromatic N) is 1. The summed E-state index contributed by atoms with van der Waals surface area (Å²) in [6.07, 6.45) is 5.14. The molecule has 27 heavy (non-hydrogen) atoms. The van der Waals surface area contributed by atoms with Crippen molar-refractivity contribution in [2.24, 2.45) is 5.14 Å². The van der Waals surface area contributed by atoms with E-state index in [9.17, 15) is 13.2 Å². The zero-order chi connectivity index (χ0) is 19.4. The molecular formula is C18H22BrN3O3S2. The van der Waals surface area contributed by atoms with Crippen molar-refractivity contribution in [1.29, 1.82) is 0 Å². The maximum Gasteiger partial charge on any atom is 0.265 e. The third-order valence-corrected chi connectivity index (χ3v) is 7.66. The molecule has 0 unspecified atom stereocenters. The fraction of sp³-hybridized carbons (Fsp3) is 0.389. The van der Waals surface area contributed by atoms with E-state index in [1.54, 1.807) is 0 Å². The van der Waals surface area contributed by atoms with E-state index < -0.39 is 10.0 Å². The molecule has 0 spiro atoms. The second-order valence-electron chi connectivity index (χ2n) is 6.64. The van der Waals surface area contributed by atoms with Crippen LogP contribution in [0, 0.1) is 0 Å². The van der Waals surface area contributed by atoms with Crippen LogP contribution in [0.15, 0.2) is 39.0 Å². The number of benzene rings is 1. The molecule has 0 bridgehead atoms. The predicted octanol–water partition coefficient (Wildman–Crippen LogP) is 3.79. The average Bonchev–Trinajstić information content (AvgIpc) is 2.84. The minimum absolute atomic E-state index is 0.0783. The van der Waals surface area contributed by atoms with Crippen LogP contribution in [-0.2, 0) is 16.6 Å². The Morgan fingerprint density at radius 1 is 1.15 bits per heavy atom. The highest BCUT2D eigenvalue weighted by Crippen LogP contribution is 2.31. The SMILES string of the molecule is NS(=O)(=O)c1cc(C(=O)Nc2ccc(CN3CCCCCC3)cc2)sc1Br. The Balaban J connectivity index is 1.63. The first-order valence-electron chi connectivity index (χ1n) is 8.78. The van der Waals surface area contributed by atoms with Gasteiger partial charge in [0.2, 0.25) is 10.0 Å². The number of sulfonamides is 1. The Morgan fingerprint density at radius 2 is 1.78 bits per heavy atom. The molecule has 1 aliphatic heterocycles. The Morgan fingerprint density at radius 3 is 2.33 bits per heavy atom. The third-order valence-electron chi connectivity index (χ3n) is 4.50. The summed E-state index contributed by atoms with van der Waals surface area (Å²) in [5.41, 5.74) is 1.88. The van der Waals surface area contributed by atoms with Crippen LogP contribution in [0.2, 0.25) is 0 Å². The molecule has 0 saturated carbocycles. The van der Waals surface area contributed by atoms with E-state index in [0.717, 1.165) is 31.0 Å². The first-order valence-corrected chi connectivity index (χ1v) is 11.9. The van der Waals surface area contributed by atoms with Crippen molar-refractivity contribution in [3.63, 3.8) is 0 Å². The van der Waals surface area contributed by atoms with Crippen LogP contribution in [0.25, 0.3) is 0 Å². The van der Waals surface area contributed by atoms with Gasteiger partial charge in [0.15, 0.2) is 0 Å². The van der Waals surface area contributed by atoms with Crippen LogP contribution in [0.5, 0.6) is 0 Å². The van der Waals surface area contributed by atoms with E-state index in [-0.39, 0.29) is 15.7 Å². The summed E-state index contributed by atoms with van der Waals surface area (Å²) in [4.78, 5) is 15.1. The number of hydrogen-bond donors (Lipinski definition) is 2. The number of amides is 1. The van der Waals surface area contributed by atoms with Crippen molar-refractivity contribution in [2.75, 3.05) is 18.4 Å². The van der Waals surface area contributed by atoms with Gasteiger partial charge in [-0.3, -0.25) is 9.69 Å². The quantitative estimate of drug-likeness (QED) is 0.693. The normalized spacial score (nSPS) is 16.1. The van der Waals surface area contributed by atoms with Crippen molar-refractivity contribution in [1.82, 2.24) is 4.90 Å². The first kappa shape index (κ1) is 20.5. The molecule has 0 radical (unpaired) electrons. The Kier molecular flexibility index (Phi) is 6.69. The van der Waals surface area contributed by atoms with Crippen LogP contribution < -0.4 is 10.5 Å². The first-order chi connectivity index (χ1) is 12.8. The minimum Gasteiger partial charge on any atom is -0.321 e. The third kappa shape index (κ3) is 5.61. The summed E-state index contributed by atoms with van der Waals surface area (Å²) in [7, 11) is -3.86. The molecule has 0 atom stereocenters. The van der Waals surface area contributed by atoms with Gasteiger partial charge in [0.25, 0.3) is 5.91 Å². The van der Waals surface area contributed by atoms with Gasteiger partial charge in [-0.25, -0.2) is 13.6 Å². The molecule has 2 heterocycles. The molecule has 1 aromatic heterocycles. The number of nitrogens with two attached hydrogens (primary N) is 1. The monoisotopic (exact) mass is 471 g/mol. The highest BCUT2D eigenvalue weighted by Gasteiger charge is 2.20. The topological polar surface area (TPSA) is 92.5 Å². The number of likely N-dealkylation sites (tertiary alicyclic amines) is 1. The molecular weight excluding hydrogens is 450 g/mol. The summed E-state index contributed by atoms with van der Waals surface area (Å²) in [6, 6.07) is 9.05. The average molecular weight is 472 g/mol. The van der Waals surface area contributed by atoms with Gasteiger partial charge in [-0.1, -0.05) is 25.0 Å². The minimum atomic E-state index is -3.86. The smallest absolute Gasteiger partial charge is 0.265 e. The highest BCUT2D eigenvalue weighted by molar-refractivity contribution is 9.11. The van der Waals surface area contributed by atoms with Crippen LogP contribution in [0.1, 0.15) is 40.9 Å². The van der Waals surface area contributed by atoms with Crippen molar-refractivity contribution < 1.29 is 13.2 Å². The second-order valence-corrected chi connectivity index (χ2v) is 10.5. The van der Waals surface area contributed by atoms with Gasteiger partial charge in [-0.15, -0.1) is 11.3 Å². The summed E-state index contributed by atoms with van der Waals surface area (Å²) in [5.74, 6) is -0.365. The molecule has 3 N–H and O–H groups in total. The van der Waals surface area contributed by atoms with Crippen LogP contribution in [-0.4, -0.2) is 32.3 Å². The summed E-state index contributed by atoms with van der Waals surface area (Å²) in [5, 5.41) is 7.93. The molecule has 9 heteroatoms. The van der Waals surface area contributed by atoms with Crippen LogP contribution in [0.4, 0.5) is 5.69 Å². The number of rotatable bonds is 5. The largest absolute Gasteiger partial charge is 0.321 e. The zero-order valence-electron chi connectivity index (χ0n) is 14.8. The van der Waals surface area contributed by atoms with E-state index in [1.807, 2.05) is 24.3 Å². The van der Waals surface area contributed by atoms with Gasteiger partial charge in [0.05, 0.1) is 8.66 Å². The molecule has 6 nitrogen and oxygen atoms in total. The number of carbonyl (C=O) groups is 1. The molecule has 1 fully saturated rings. The van der Waals surface area contributed by atoms with Crippen molar-refractivity contribution in [3.05, 3.63) is 44.6 Å². The lowest BCUT2D eigenvalue weighted by Gasteiger charge is -2.19. The highest BCUT2D eigenvalue weighted by atomic mass is 79.9. The fourth-order valence-corrected chi connectivity index (χ4v) is 6.14. The molecule has 3 rings (SSSR count). The Bertz CT molecular complexity index is 902. The molecule has 0 aliphatic carbocycles. The maximum atomic E-state index is 12.4. The molecule has 146 valence electrons. The lowest BCUT2D eigenvalue weighted by molar-refractivity contribution is 0.103. The Labute approximate surface area is 171 Å². The van der Waals surface area contributed by atoms with Crippen molar-refractivity contribution in [2.45, 2.75) is 37.1 Å². The second kappa shape index (κ2) is 8.83. The molecule has 1 amide bonds. The van der Waals surface area contributed by atoms with Crippen LogP contribution in [0.3, 0.4) is 0 Å². The van der Waals surface area contributed by atoms with E-state index in [4.69, 9.17) is 5.14 Å². The molecule has 2 aromatic rings. The Hall–Kier alpha value is -1.26. The van der Waals surface area contributed by atoms with Gasteiger partial charge in [0, 0.05) is 12.2 Å². The fourth-order valence-electron chi connectivity index (χ4n) is 3.10. The number of thiophene rings is 1. The zero-order valence-corrected chi connectivity index (χ0v) is 18.0. The molecule has 1 aliphatic rings. The number of anilines is 1. The van der Waals surface area contributed by atoms with Crippen LogP contribution >= 0.6 is 27.3 Å².